The molecule has 150 valence electrons. The maximum absolute atomic E-state index is 5.88. The molecule has 2 aromatic carbocycles. The molecule has 0 radical (unpaired) electrons. The van der Waals surface area contributed by atoms with E-state index in [1.54, 1.807) is 7.11 Å². The minimum atomic E-state index is 0.0424. The van der Waals surface area contributed by atoms with Crippen molar-refractivity contribution >= 4 is 22.4 Å². The van der Waals surface area contributed by atoms with Crippen molar-refractivity contribution in [3.63, 3.8) is 0 Å². The third-order valence-corrected chi connectivity index (χ3v) is 5.26. The second-order valence-corrected chi connectivity index (χ2v) is 7.21. The van der Waals surface area contributed by atoms with Gasteiger partial charge in [-0.3, -0.25) is 10.9 Å². The Labute approximate surface area is 169 Å². The highest BCUT2D eigenvalue weighted by Crippen LogP contribution is 2.27. The van der Waals surface area contributed by atoms with Crippen LogP contribution in [0.3, 0.4) is 0 Å². The molecule has 5 rings (SSSR count). The molecule has 1 saturated heterocycles. The van der Waals surface area contributed by atoms with Gasteiger partial charge >= 0.3 is 0 Å². The minimum absolute atomic E-state index is 0.0424. The number of hydrazine groups is 2. The SMILES string of the molecule is COc1ccc(C2=NCN(Nc3ccc4c(cnn4C4CCCCO4)c3)N2)cc1. The van der Waals surface area contributed by atoms with Crippen molar-refractivity contribution in [2.24, 2.45) is 4.99 Å². The second kappa shape index (κ2) is 7.73. The van der Waals surface area contributed by atoms with Crippen LogP contribution < -0.4 is 15.6 Å². The van der Waals surface area contributed by atoms with Crippen molar-refractivity contribution in [2.75, 3.05) is 25.8 Å². The number of aliphatic imine (C=N–C) groups is 1. The molecule has 0 bridgehead atoms. The minimum Gasteiger partial charge on any atom is -0.497 e. The summed E-state index contributed by atoms with van der Waals surface area (Å²) in [5.74, 6) is 1.65. The van der Waals surface area contributed by atoms with Crippen molar-refractivity contribution in [1.29, 1.82) is 0 Å². The van der Waals surface area contributed by atoms with Crippen LogP contribution in [0.15, 0.2) is 53.7 Å². The van der Waals surface area contributed by atoms with E-state index in [1.807, 2.05) is 40.3 Å². The summed E-state index contributed by atoms with van der Waals surface area (Å²) >= 11 is 0. The van der Waals surface area contributed by atoms with Crippen LogP contribution in [0, 0.1) is 0 Å². The molecule has 1 unspecified atom stereocenters. The van der Waals surface area contributed by atoms with Crippen LogP contribution in [0.25, 0.3) is 10.9 Å². The van der Waals surface area contributed by atoms with Gasteiger partial charge in [0.2, 0.25) is 0 Å². The number of aromatic nitrogens is 2. The first-order chi connectivity index (χ1) is 14.3. The Morgan fingerprint density at radius 3 is 2.86 bits per heavy atom. The van der Waals surface area contributed by atoms with Gasteiger partial charge < -0.3 is 9.47 Å². The van der Waals surface area contributed by atoms with Gasteiger partial charge in [0.05, 0.1) is 24.5 Å². The van der Waals surface area contributed by atoms with Crippen LogP contribution in [0.2, 0.25) is 0 Å². The molecular weight excluding hydrogens is 368 g/mol. The number of fused-ring (bicyclic) bond motifs is 1. The monoisotopic (exact) mass is 392 g/mol. The molecule has 1 atom stereocenters. The van der Waals surface area contributed by atoms with Gasteiger partial charge in [-0.25, -0.2) is 9.67 Å². The van der Waals surface area contributed by atoms with Crippen LogP contribution in [0.4, 0.5) is 5.69 Å². The quantitative estimate of drug-likeness (QED) is 0.694. The fraction of sp³-hybridized carbons (Fsp3) is 0.333. The Morgan fingerprint density at radius 2 is 2.07 bits per heavy atom. The van der Waals surface area contributed by atoms with E-state index in [9.17, 15) is 0 Å². The van der Waals surface area contributed by atoms with Gasteiger partial charge in [-0.05, 0) is 61.7 Å². The molecule has 8 heteroatoms. The van der Waals surface area contributed by atoms with E-state index in [0.29, 0.717) is 6.67 Å². The molecule has 8 nitrogen and oxygen atoms in total. The van der Waals surface area contributed by atoms with E-state index >= 15 is 0 Å². The molecule has 1 fully saturated rings. The summed E-state index contributed by atoms with van der Waals surface area (Å²) < 4.78 is 13.1. The predicted octanol–water partition coefficient (Wildman–Crippen LogP) is 3.30. The molecular formula is C21H24N6O2. The van der Waals surface area contributed by atoms with Gasteiger partial charge in [-0.2, -0.15) is 5.10 Å². The predicted molar refractivity (Wildman–Crippen MR) is 112 cm³/mol. The Balaban J connectivity index is 1.26. The normalized spacial score (nSPS) is 19.8. The lowest BCUT2D eigenvalue weighted by atomic mass is 10.2. The summed E-state index contributed by atoms with van der Waals surface area (Å²) in [6, 6.07) is 14.1. The number of nitrogens with one attached hydrogen (secondary N) is 2. The summed E-state index contributed by atoms with van der Waals surface area (Å²) in [5.41, 5.74) is 9.72. The van der Waals surface area contributed by atoms with Crippen LogP contribution in [-0.2, 0) is 4.74 Å². The third-order valence-electron chi connectivity index (χ3n) is 5.26. The smallest absolute Gasteiger partial charge is 0.150 e. The second-order valence-electron chi connectivity index (χ2n) is 7.21. The molecule has 0 saturated carbocycles. The van der Waals surface area contributed by atoms with E-state index in [-0.39, 0.29) is 6.23 Å². The Kier molecular flexibility index (Phi) is 4.79. The number of methoxy groups -OCH3 is 1. The first kappa shape index (κ1) is 18.0. The zero-order valence-electron chi connectivity index (χ0n) is 16.3. The molecule has 3 heterocycles. The molecule has 3 aromatic rings. The number of hydrogen-bond acceptors (Lipinski definition) is 7. The lowest BCUT2D eigenvalue weighted by Gasteiger charge is -2.23. The van der Waals surface area contributed by atoms with Crippen LogP contribution in [-0.4, -0.2) is 41.1 Å². The number of nitrogens with zero attached hydrogens (tertiary/aromatic N) is 4. The van der Waals surface area contributed by atoms with Crippen LogP contribution in [0.1, 0.15) is 31.1 Å². The summed E-state index contributed by atoms with van der Waals surface area (Å²) in [5, 5.41) is 7.50. The first-order valence-electron chi connectivity index (χ1n) is 9.89. The molecule has 0 amide bonds. The average molecular weight is 392 g/mol. The van der Waals surface area contributed by atoms with Gasteiger partial charge in [0, 0.05) is 17.6 Å². The standard InChI is InChI=1S/C21H24N6O2/c1-28-18-8-5-15(6-9-18)21-22-14-26(25-21)24-17-7-10-19-16(12-17)13-23-27(19)20-4-2-3-11-29-20/h5-10,12-13,20,24H,2-4,11,14H2,1H3,(H,22,25). The first-order valence-corrected chi connectivity index (χ1v) is 9.89. The number of hydrogen-bond donors (Lipinski definition) is 2. The van der Waals surface area contributed by atoms with Gasteiger partial charge in [0.15, 0.2) is 6.23 Å². The Morgan fingerprint density at radius 1 is 1.17 bits per heavy atom. The lowest BCUT2D eigenvalue weighted by Crippen LogP contribution is -2.40. The van der Waals surface area contributed by atoms with Crippen molar-refractivity contribution in [3.8, 4) is 5.75 Å². The zero-order chi connectivity index (χ0) is 19.6. The number of amidine groups is 1. The van der Waals surface area contributed by atoms with Gasteiger partial charge in [0.1, 0.15) is 18.3 Å². The van der Waals surface area contributed by atoms with E-state index in [1.165, 1.54) is 6.42 Å². The van der Waals surface area contributed by atoms with E-state index in [2.05, 4.69) is 39.1 Å². The number of anilines is 1. The van der Waals surface area contributed by atoms with E-state index in [4.69, 9.17) is 9.47 Å². The molecule has 0 spiro atoms. The topological polar surface area (TPSA) is 75.9 Å². The third kappa shape index (κ3) is 3.64. The van der Waals surface area contributed by atoms with E-state index in [0.717, 1.165) is 53.2 Å². The summed E-state index contributed by atoms with van der Waals surface area (Å²) in [4.78, 5) is 4.56. The maximum atomic E-state index is 5.88. The van der Waals surface area contributed by atoms with Crippen molar-refractivity contribution in [3.05, 3.63) is 54.2 Å². The lowest BCUT2D eigenvalue weighted by molar-refractivity contribution is -0.0366. The van der Waals surface area contributed by atoms with Crippen molar-refractivity contribution in [2.45, 2.75) is 25.5 Å². The molecule has 29 heavy (non-hydrogen) atoms. The number of ether oxygens (including phenoxy) is 2. The Hall–Kier alpha value is -3.10. The maximum Gasteiger partial charge on any atom is 0.150 e. The molecule has 2 aliphatic rings. The summed E-state index contributed by atoms with van der Waals surface area (Å²) in [6.07, 6.45) is 5.27. The molecule has 2 aliphatic heterocycles. The van der Waals surface area contributed by atoms with Crippen LogP contribution >= 0.6 is 0 Å². The fourth-order valence-corrected chi connectivity index (χ4v) is 3.73. The van der Waals surface area contributed by atoms with Crippen molar-refractivity contribution in [1.82, 2.24) is 20.3 Å². The van der Waals surface area contributed by atoms with E-state index < -0.39 is 0 Å². The summed E-state index contributed by atoms with van der Waals surface area (Å²) in [6.45, 7) is 1.32. The van der Waals surface area contributed by atoms with Crippen LogP contribution in [0.5, 0.6) is 5.75 Å². The number of rotatable bonds is 5. The largest absolute Gasteiger partial charge is 0.497 e. The Bertz CT molecular complexity index is 1020. The zero-order valence-corrected chi connectivity index (χ0v) is 16.3. The van der Waals surface area contributed by atoms with Crippen molar-refractivity contribution < 1.29 is 9.47 Å². The highest BCUT2D eigenvalue weighted by atomic mass is 16.5. The molecule has 2 N–H and O–H groups in total. The van der Waals surface area contributed by atoms with Gasteiger partial charge in [-0.15, -0.1) is 5.12 Å². The number of benzene rings is 2. The average Bonchev–Trinajstić information content (AvgIpc) is 3.41. The molecule has 1 aromatic heterocycles. The van der Waals surface area contributed by atoms with Gasteiger partial charge in [0.25, 0.3) is 0 Å². The highest BCUT2D eigenvalue weighted by Gasteiger charge is 2.19. The fourth-order valence-electron chi connectivity index (χ4n) is 3.73. The summed E-state index contributed by atoms with van der Waals surface area (Å²) in [7, 11) is 1.66. The molecule has 0 aliphatic carbocycles. The highest BCUT2D eigenvalue weighted by molar-refractivity contribution is 5.99. The van der Waals surface area contributed by atoms with Gasteiger partial charge in [-0.1, -0.05) is 0 Å².